The number of piperidine rings is 1. The molecule has 2 aromatic carbocycles. The van der Waals surface area contributed by atoms with Gasteiger partial charge in [-0.05, 0) is 24.3 Å². The molecular weight excluding hydrogens is 411 g/mol. The number of rotatable bonds is 3. The minimum Gasteiger partial charge on any atom is -0.467 e. The number of carbonyl (C=O) groups excluding carboxylic acids is 2. The fraction of sp³-hybridized carbons (Fsp3) is 0.417. The Morgan fingerprint density at radius 1 is 0.969 bits per heavy atom. The first-order chi connectivity index (χ1) is 15.5. The Hall–Kier alpha value is -3.13. The van der Waals surface area contributed by atoms with E-state index in [-0.39, 0.29) is 17.6 Å². The number of hydrogen-bond acceptors (Lipinski definition) is 5. The van der Waals surface area contributed by atoms with E-state index in [0.717, 1.165) is 0 Å². The molecule has 2 saturated heterocycles. The van der Waals surface area contributed by atoms with E-state index in [1.165, 1.54) is 6.07 Å². The molecule has 0 aliphatic carbocycles. The van der Waals surface area contributed by atoms with Crippen molar-refractivity contribution < 1.29 is 18.7 Å². The summed E-state index contributed by atoms with van der Waals surface area (Å²) >= 11 is 0. The molecule has 3 aliphatic rings. The van der Waals surface area contributed by atoms with Crippen LogP contribution in [0, 0.1) is 5.82 Å². The normalized spacial score (nSPS) is 20.5. The van der Waals surface area contributed by atoms with E-state index in [4.69, 9.17) is 4.74 Å². The third kappa shape index (κ3) is 4.02. The molecule has 168 valence electrons. The molecule has 32 heavy (non-hydrogen) atoms. The average molecular weight is 439 g/mol. The number of hydrogen-bond donors (Lipinski definition) is 1. The number of para-hydroxylation sites is 2. The molecule has 0 aromatic heterocycles. The Kier molecular flexibility index (Phi) is 5.46. The van der Waals surface area contributed by atoms with E-state index in [9.17, 15) is 14.0 Å². The number of anilines is 1. The molecule has 3 aliphatic heterocycles. The van der Waals surface area contributed by atoms with Gasteiger partial charge in [0, 0.05) is 52.1 Å². The summed E-state index contributed by atoms with van der Waals surface area (Å²) in [5.41, 5.74) is 0.457. The van der Waals surface area contributed by atoms with Crippen LogP contribution in [0.2, 0.25) is 0 Å². The Labute approximate surface area is 186 Å². The maximum absolute atomic E-state index is 14.0. The number of fused-ring (bicyclic) bond motifs is 1. The van der Waals surface area contributed by atoms with Crippen LogP contribution in [-0.2, 0) is 4.79 Å². The zero-order chi connectivity index (χ0) is 22.1. The predicted octanol–water partition coefficient (Wildman–Crippen LogP) is 2.09. The van der Waals surface area contributed by atoms with Crippen LogP contribution in [-0.4, -0.2) is 73.2 Å². The van der Waals surface area contributed by atoms with Gasteiger partial charge in [-0.25, -0.2) is 4.39 Å². The van der Waals surface area contributed by atoms with Gasteiger partial charge in [0.2, 0.25) is 5.91 Å². The highest BCUT2D eigenvalue weighted by Gasteiger charge is 2.42. The van der Waals surface area contributed by atoms with E-state index < -0.39 is 5.72 Å². The lowest BCUT2D eigenvalue weighted by molar-refractivity contribution is -0.134. The van der Waals surface area contributed by atoms with Crippen molar-refractivity contribution >= 4 is 17.5 Å². The summed E-state index contributed by atoms with van der Waals surface area (Å²) in [5.74, 6) is 0.375. The molecule has 0 radical (unpaired) electrons. The molecule has 2 fully saturated rings. The molecule has 2 amide bonds. The van der Waals surface area contributed by atoms with Crippen LogP contribution in [0.25, 0.3) is 0 Å². The van der Waals surface area contributed by atoms with E-state index in [1.807, 2.05) is 34.1 Å². The molecule has 1 N–H and O–H groups in total. The first-order valence-electron chi connectivity index (χ1n) is 11.1. The second-order valence-electron chi connectivity index (χ2n) is 8.64. The highest BCUT2D eigenvalue weighted by molar-refractivity contribution is 5.98. The van der Waals surface area contributed by atoms with Crippen molar-refractivity contribution in [1.82, 2.24) is 15.1 Å². The van der Waals surface area contributed by atoms with Gasteiger partial charge in [-0.3, -0.25) is 14.5 Å². The van der Waals surface area contributed by atoms with Crippen molar-refractivity contribution in [3.05, 3.63) is 59.9 Å². The molecule has 7 nitrogen and oxygen atoms in total. The molecule has 0 atom stereocenters. The van der Waals surface area contributed by atoms with Gasteiger partial charge < -0.3 is 19.9 Å². The maximum atomic E-state index is 14.0. The summed E-state index contributed by atoms with van der Waals surface area (Å²) in [7, 11) is 0. The predicted molar refractivity (Wildman–Crippen MR) is 118 cm³/mol. The van der Waals surface area contributed by atoms with Gasteiger partial charge in [0.15, 0.2) is 5.72 Å². The average Bonchev–Trinajstić information content (AvgIpc) is 2.81. The van der Waals surface area contributed by atoms with Crippen LogP contribution in [0.5, 0.6) is 5.75 Å². The second-order valence-corrected chi connectivity index (χ2v) is 8.64. The fourth-order valence-electron chi connectivity index (χ4n) is 4.75. The van der Waals surface area contributed by atoms with Gasteiger partial charge in [-0.1, -0.05) is 24.3 Å². The number of nitrogens with zero attached hydrogens (tertiary/aromatic N) is 3. The van der Waals surface area contributed by atoms with E-state index >= 15 is 0 Å². The number of nitrogens with one attached hydrogen (secondary N) is 1. The number of amides is 2. The van der Waals surface area contributed by atoms with Gasteiger partial charge in [0.25, 0.3) is 5.91 Å². The minimum absolute atomic E-state index is 0.0908. The summed E-state index contributed by atoms with van der Waals surface area (Å²) < 4.78 is 20.2. The molecule has 0 bridgehead atoms. The number of piperazine rings is 1. The van der Waals surface area contributed by atoms with Crippen LogP contribution in [0.4, 0.5) is 10.1 Å². The number of carbonyl (C=O) groups is 2. The van der Waals surface area contributed by atoms with E-state index in [1.54, 1.807) is 18.2 Å². The standard InChI is InChI=1S/C24H27FN4O3/c25-19-6-2-3-7-20(19)28-13-15-29(16-14-28)22(30)17-27-11-9-24(10-12-27)26-23(31)18-5-1-4-8-21(18)32-24/h1-8H,9-17H2,(H,26,31). The van der Waals surface area contributed by atoms with Gasteiger partial charge in [-0.15, -0.1) is 0 Å². The summed E-state index contributed by atoms with van der Waals surface area (Å²) in [4.78, 5) is 31.3. The van der Waals surface area contributed by atoms with Crippen LogP contribution in [0.1, 0.15) is 23.2 Å². The SMILES string of the molecule is O=C1NC2(CCN(CC(=O)N3CCN(c4ccccc4F)CC3)CC2)Oc2ccccc21. The van der Waals surface area contributed by atoms with Crippen LogP contribution < -0.4 is 15.0 Å². The largest absolute Gasteiger partial charge is 0.467 e. The Morgan fingerprint density at radius 2 is 1.66 bits per heavy atom. The van der Waals surface area contributed by atoms with Crippen molar-refractivity contribution in [3.63, 3.8) is 0 Å². The lowest BCUT2D eigenvalue weighted by atomic mass is 9.97. The molecule has 1 spiro atoms. The number of benzene rings is 2. The van der Waals surface area contributed by atoms with Crippen molar-refractivity contribution in [2.45, 2.75) is 18.6 Å². The lowest BCUT2D eigenvalue weighted by Gasteiger charge is -2.44. The Bertz CT molecular complexity index is 1010. The van der Waals surface area contributed by atoms with Crippen molar-refractivity contribution in [3.8, 4) is 5.75 Å². The van der Waals surface area contributed by atoms with Gasteiger partial charge in [-0.2, -0.15) is 0 Å². The van der Waals surface area contributed by atoms with Crippen LogP contribution >= 0.6 is 0 Å². The highest BCUT2D eigenvalue weighted by atomic mass is 19.1. The quantitative estimate of drug-likeness (QED) is 0.795. The number of ether oxygens (including phenoxy) is 1. The topological polar surface area (TPSA) is 65.1 Å². The molecule has 8 heteroatoms. The first-order valence-corrected chi connectivity index (χ1v) is 11.1. The Balaban J connectivity index is 1.13. The van der Waals surface area contributed by atoms with Crippen LogP contribution in [0.3, 0.4) is 0 Å². The second kappa shape index (κ2) is 8.43. The molecular formula is C24H27FN4O3. The third-order valence-electron chi connectivity index (χ3n) is 6.63. The Morgan fingerprint density at radius 3 is 2.41 bits per heavy atom. The molecule has 0 saturated carbocycles. The van der Waals surface area contributed by atoms with Crippen molar-refractivity contribution in [2.75, 3.05) is 50.7 Å². The molecule has 0 unspecified atom stereocenters. The third-order valence-corrected chi connectivity index (χ3v) is 6.63. The summed E-state index contributed by atoms with van der Waals surface area (Å²) in [6.07, 6.45) is 1.25. The summed E-state index contributed by atoms with van der Waals surface area (Å²) in [6.45, 7) is 4.10. The fourth-order valence-corrected chi connectivity index (χ4v) is 4.75. The molecule has 5 rings (SSSR count). The highest BCUT2D eigenvalue weighted by Crippen LogP contribution is 2.33. The van der Waals surface area contributed by atoms with Crippen LogP contribution in [0.15, 0.2) is 48.5 Å². The minimum atomic E-state index is -0.698. The molecule has 2 aromatic rings. The zero-order valence-corrected chi connectivity index (χ0v) is 17.9. The summed E-state index contributed by atoms with van der Waals surface area (Å²) in [5, 5.41) is 3.03. The van der Waals surface area contributed by atoms with Crippen molar-refractivity contribution in [2.24, 2.45) is 0 Å². The number of halogens is 1. The lowest BCUT2D eigenvalue weighted by Crippen LogP contribution is -2.61. The zero-order valence-electron chi connectivity index (χ0n) is 17.9. The smallest absolute Gasteiger partial charge is 0.258 e. The monoisotopic (exact) mass is 438 g/mol. The maximum Gasteiger partial charge on any atom is 0.258 e. The van der Waals surface area contributed by atoms with Gasteiger partial charge in [0.1, 0.15) is 11.6 Å². The first kappa shape index (κ1) is 20.8. The van der Waals surface area contributed by atoms with Crippen molar-refractivity contribution in [1.29, 1.82) is 0 Å². The van der Waals surface area contributed by atoms with E-state index in [0.29, 0.717) is 75.7 Å². The number of likely N-dealkylation sites (tertiary alicyclic amines) is 1. The van der Waals surface area contributed by atoms with Gasteiger partial charge >= 0.3 is 0 Å². The van der Waals surface area contributed by atoms with Gasteiger partial charge in [0.05, 0.1) is 17.8 Å². The summed E-state index contributed by atoms with van der Waals surface area (Å²) in [6, 6.07) is 14.0. The van der Waals surface area contributed by atoms with E-state index in [2.05, 4.69) is 10.2 Å². The molecule has 3 heterocycles.